The zero-order chi connectivity index (χ0) is 10.8. The van der Waals surface area contributed by atoms with E-state index in [-0.39, 0.29) is 0 Å². The lowest BCUT2D eigenvalue weighted by Crippen LogP contribution is -2.20. The summed E-state index contributed by atoms with van der Waals surface area (Å²) in [4.78, 5) is 2.34. The second-order valence-electron chi connectivity index (χ2n) is 3.55. The van der Waals surface area contributed by atoms with E-state index in [1.54, 1.807) is 11.3 Å². The molecule has 3 nitrogen and oxygen atoms in total. The van der Waals surface area contributed by atoms with Crippen molar-refractivity contribution in [2.24, 2.45) is 0 Å². The number of nitrogens with one attached hydrogen (secondary N) is 1. The lowest BCUT2D eigenvalue weighted by molar-refractivity contribution is 0.588. The van der Waals surface area contributed by atoms with Gasteiger partial charge in [0, 0.05) is 16.3 Å². The van der Waals surface area contributed by atoms with Crippen LogP contribution in [0.15, 0.2) is 12.1 Å². The highest BCUT2D eigenvalue weighted by atomic mass is 32.2. The first kappa shape index (κ1) is 11.7. The summed E-state index contributed by atoms with van der Waals surface area (Å²) >= 11 is 1.65. The third kappa shape index (κ3) is 3.77. The molecule has 0 saturated carbocycles. The minimum Gasteiger partial charge on any atom is -0.213 e. The number of sulfonamides is 1. The lowest BCUT2D eigenvalue weighted by Gasteiger charge is -1.99. The van der Waals surface area contributed by atoms with E-state index >= 15 is 0 Å². The summed E-state index contributed by atoms with van der Waals surface area (Å²) in [7, 11) is -3.08. The Morgan fingerprint density at radius 2 is 2.07 bits per heavy atom. The van der Waals surface area contributed by atoms with Crippen molar-refractivity contribution in [1.82, 2.24) is 4.72 Å². The van der Waals surface area contributed by atoms with E-state index in [1.807, 2.05) is 6.07 Å². The Morgan fingerprint density at radius 1 is 1.43 bits per heavy atom. The molecule has 1 aromatic rings. The molecule has 5 heteroatoms. The van der Waals surface area contributed by atoms with E-state index in [9.17, 15) is 8.42 Å². The van der Waals surface area contributed by atoms with E-state index in [0.717, 1.165) is 4.88 Å². The summed E-state index contributed by atoms with van der Waals surface area (Å²) in [5, 5.41) is 0. The minimum atomic E-state index is -3.08. The van der Waals surface area contributed by atoms with Crippen LogP contribution in [0.1, 0.15) is 29.5 Å². The summed E-state index contributed by atoms with van der Waals surface area (Å²) in [6, 6.07) is 4.02. The lowest BCUT2D eigenvalue weighted by atomic mass is 10.2. The van der Waals surface area contributed by atoms with Crippen LogP contribution in [0.2, 0.25) is 0 Å². The molecule has 1 aromatic heterocycles. The first-order valence-corrected chi connectivity index (χ1v) is 7.12. The monoisotopic (exact) mass is 233 g/mol. The predicted molar refractivity (Wildman–Crippen MR) is 60.1 cm³/mol. The van der Waals surface area contributed by atoms with Crippen molar-refractivity contribution in [3.63, 3.8) is 0 Å². The van der Waals surface area contributed by atoms with Gasteiger partial charge in [0.1, 0.15) is 0 Å². The summed E-state index contributed by atoms with van der Waals surface area (Å²) in [5.41, 5.74) is 0. The summed E-state index contributed by atoms with van der Waals surface area (Å²) < 4.78 is 24.2. The Morgan fingerprint density at radius 3 is 2.50 bits per heavy atom. The smallest absolute Gasteiger partial charge is 0.209 e. The molecule has 0 amide bonds. The quantitative estimate of drug-likeness (QED) is 0.863. The molecule has 0 unspecified atom stereocenters. The van der Waals surface area contributed by atoms with Crippen molar-refractivity contribution in [2.45, 2.75) is 26.3 Å². The van der Waals surface area contributed by atoms with Crippen LogP contribution in [-0.2, 0) is 16.6 Å². The van der Waals surface area contributed by atoms with Crippen LogP contribution in [0.25, 0.3) is 0 Å². The molecule has 0 fully saturated rings. The van der Waals surface area contributed by atoms with Crippen molar-refractivity contribution >= 4 is 21.4 Å². The molecule has 1 N–H and O–H groups in total. The van der Waals surface area contributed by atoms with Gasteiger partial charge in [-0.05, 0) is 18.1 Å². The fourth-order valence-electron chi connectivity index (χ4n) is 1.00. The Kier molecular flexibility index (Phi) is 3.69. The number of hydrogen-bond donors (Lipinski definition) is 1. The van der Waals surface area contributed by atoms with Gasteiger partial charge in [-0.15, -0.1) is 11.3 Å². The van der Waals surface area contributed by atoms with Gasteiger partial charge in [-0.2, -0.15) is 0 Å². The Hall–Kier alpha value is -0.390. The fourth-order valence-corrected chi connectivity index (χ4v) is 2.47. The third-order valence-electron chi connectivity index (χ3n) is 1.76. The largest absolute Gasteiger partial charge is 0.213 e. The first-order valence-electron chi connectivity index (χ1n) is 4.42. The number of thiophene rings is 1. The molecule has 0 aliphatic heterocycles. The second-order valence-corrected chi connectivity index (χ2v) is 6.58. The molecule has 14 heavy (non-hydrogen) atoms. The van der Waals surface area contributed by atoms with Gasteiger partial charge < -0.3 is 0 Å². The molecule has 0 aliphatic carbocycles. The van der Waals surface area contributed by atoms with Gasteiger partial charge in [-0.25, -0.2) is 13.1 Å². The van der Waals surface area contributed by atoms with Crippen molar-refractivity contribution in [2.75, 3.05) is 6.26 Å². The zero-order valence-electron chi connectivity index (χ0n) is 8.57. The average molecular weight is 233 g/mol. The molecule has 1 heterocycles. The zero-order valence-corrected chi connectivity index (χ0v) is 10.2. The molecule has 0 aromatic carbocycles. The Balaban J connectivity index is 2.61. The van der Waals surface area contributed by atoms with Gasteiger partial charge in [0.25, 0.3) is 0 Å². The second kappa shape index (κ2) is 4.42. The van der Waals surface area contributed by atoms with E-state index < -0.39 is 10.0 Å². The average Bonchev–Trinajstić information content (AvgIpc) is 2.47. The topological polar surface area (TPSA) is 46.2 Å². The van der Waals surface area contributed by atoms with E-state index in [4.69, 9.17) is 0 Å². The van der Waals surface area contributed by atoms with Crippen LogP contribution < -0.4 is 4.72 Å². The van der Waals surface area contributed by atoms with Gasteiger partial charge in [0.05, 0.1) is 6.26 Å². The Bertz CT molecular complexity index is 393. The third-order valence-corrected chi connectivity index (χ3v) is 3.81. The molecule has 0 atom stereocenters. The number of rotatable bonds is 4. The van der Waals surface area contributed by atoms with Crippen LogP contribution in [0, 0.1) is 0 Å². The van der Waals surface area contributed by atoms with Crippen LogP contribution in [0.5, 0.6) is 0 Å². The Labute approximate surface area is 89.2 Å². The van der Waals surface area contributed by atoms with Crippen LogP contribution in [0.4, 0.5) is 0 Å². The van der Waals surface area contributed by atoms with Crippen LogP contribution in [-0.4, -0.2) is 14.7 Å². The van der Waals surface area contributed by atoms with E-state index in [0.29, 0.717) is 12.5 Å². The van der Waals surface area contributed by atoms with Crippen LogP contribution in [0.3, 0.4) is 0 Å². The first-order chi connectivity index (χ1) is 6.38. The molecule has 0 bridgehead atoms. The van der Waals surface area contributed by atoms with Crippen LogP contribution >= 0.6 is 11.3 Å². The van der Waals surface area contributed by atoms with Crippen molar-refractivity contribution < 1.29 is 8.42 Å². The normalized spacial score (nSPS) is 12.3. The molecule has 0 radical (unpaired) electrons. The van der Waals surface area contributed by atoms with Crippen molar-refractivity contribution in [3.8, 4) is 0 Å². The highest BCUT2D eigenvalue weighted by molar-refractivity contribution is 7.88. The summed E-state index contributed by atoms with van der Waals surface area (Å²) in [6.45, 7) is 4.65. The fraction of sp³-hybridized carbons (Fsp3) is 0.556. The molecular weight excluding hydrogens is 218 g/mol. The van der Waals surface area contributed by atoms with Crippen molar-refractivity contribution in [3.05, 3.63) is 21.9 Å². The van der Waals surface area contributed by atoms with Crippen molar-refractivity contribution in [1.29, 1.82) is 0 Å². The highest BCUT2D eigenvalue weighted by Gasteiger charge is 2.05. The molecular formula is C9H15NO2S2. The van der Waals surface area contributed by atoms with Gasteiger partial charge in [-0.1, -0.05) is 13.8 Å². The number of hydrogen-bond acceptors (Lipinski definition) is 3. The maximum atomic E-state index is 10.8. The molecule has 0 aliphatic rings. The van der Waals surface area contributed by atoms with E-state index in [1.165, 1.54) is 11.1 Å². The van der Waals surface area contributed by atoms with Gasteiger partial charge >= 0.3 is 0 Å². The maximum Gasteiger partial charge on any atom is 0.209 e. The molecule has 1 rings (SSSR count). The summed E-state index contributed by atoms with van der Waals surface area (Å²) in [6.07, 6.45) is 1.17. The standard InChI is InChI=1S/C9H15NO2S2/c1-7(2)9-5-4-8(13-9)6-10-14(3,11)12/h4-5,7,10H,6H2,1-3H3. The maximum absolute atomic E-state index is 10.8. The molecule has 0 spiro atoms. The molecule has 80 valence electrons. The molecule has 0 saturated heterocycles. The predicted octanol–water partition coefficient (Wildman–Crippen LogP) is 1.92. The van der Waals surface area contributed by atoms with E-state index in [2.05, 4.69) is 24.6 Å². The highest BCUT2D eigenvalue weighted by Crippen LogP contribution is 2.23. The summed E-state index contributed by atoms with van der Waals surface area (Å²) in [5.74, 6) is 0.506. The van der Waals surface area contributed by atoms with Gasteiger partial charge in [0.2, 0.25) is 10.0 Å². The minimum absolute atomic E-state index is 0.399. The van der Waals surface area contributed by atoms with Gasteiger partial charge in [0.15, 0.2) is 0 Å². The SMILES string of the molecule is CC(C)c1ccc(CNS(C)(=O)=O)s1. The van der Waals surface area contributed by atoms with Gasteiger partial charge in [-0.3, -0.25) is 0 Å².